The van der Waals surface area contributed by atoms with Crippen LogP contribution >= 0.6 is 11.3 Å². The molecule has 1 amide bonds. The second-order valence-electron chi connectivity index (χ2n) is 6.97. The van der Waals surface area contributed by atoms with Gasteiger partial charge in [0.1, 0.15) is 5.82 Å². The Morgan fingerprint density at radius 2 is 2.14 bits per heavy atom. The standard InChI is InChI=1S/C21H21FN4O2S/c22-16-5-7-18(8-6-16)26(20(28)15-3-1-9-23-11-15)12-17-14-29-21(24-17)25-10-2-4-19(27)13-25/h1,3,5-9,11,14,19,27H,2,4,10,12-13H2. The summed E-state index contributed by atoms with van der Waals surface area (Å²) in [7, 11) is 0. The number of hydrogen-bond acceptors (Lipinski definition) is 6. The van der Waals surface area contributed by atoms with Gasteiger partial charge >= 0.3 is 0 Å². The Balaban J connectivity index is 1.59. The predicted octanol–water partition coefficient (Wildman–Crippen LogP) is 3.49. The smallest absolute Gasteiger partial charge is 0.260 e. The molecule has 1 N–H and O–H groups in total. The van der Waals surface area contributed by atoms with Crippen LogP contribution in [0, 0.1) is 5.82 Å². The third-order valence-corrected chi connectivity index (χ3v) is 5.77. The summed E-state index contributed by atoms with van der Waals surface area (Å²) in [5, 5.41) is 12.7. The van der Waals surface area contributed by atoms with Gasteiger partial charge in [0, 0.05) is 36.6 Å². The number of pyridine rings is 1. The van der Waals surface area contributed by atoms with Crippen molar-refractivity contribution >= 4 is 28.1 Å². The number of aromatic nitrogens is 2. The van der Waals surface area contributed by atoms with Gasteiger partial charge in [0.05, 0.1) is 23.9 Å². The predicted molar refractivity (Wildman–Crippen MR) is 111 cm³/mol. The zero-order valence-corrected chi connectivity index (χ0v) is 16.6. The van der Waals surface area contributed by atoms with Crippen LogP contribution in [0.5, 0.6) is 0 Å². The summed E-state index contributed by atoms with van der Waals surface area (Å²) < 4.78 is 13.4. The van der Waals surface area contributed by atoms with Crippen LogP contribution in [0.1, 0.15) is 28.9 Å². The summed E-state index contributed by atoms with van der Waals surface area (Å²) >= 11 is 1.50. The number of hydrogen-bond donors (Lipinski definition) is 1. The Morgan fingerprint density at radius 3 is 2.86 bits per heavy atom. The SMILES string of the molecule is O=C(c1cccnc1)N(Cc1csc(N2CCCC(O)C2)n1)c1ccc(F)cc1. The highest BCUT2D eigenvalue weighted by atomic mass is 32.1. The van der Waals surface area contributed by atoms with E-state index in [1.807, 2.05) is 5.38 Å². The van der Waals surface area contributed by atoms with Crippen LogP contribution in [0.15, 0.2) is 54.2 Å². The largest absolute Gasteiger partial charge is 0.391 e. The van der Waals surface area contributed by atoms with Crippen LogP contribution in [0.25, 0.3) is 0 Å². The van der Waals surface area contributed by atoms with Gasteiger partial charge in [0.15, 0.2) is 5.13 Å². The van der Waals surface area contributed by atoms with Crippen LogP contribution in [0.3, 0.4) is 0 Å². The number of benzene rings is 1. The lowest BCUT2D eigenvalue weighted by molar-refractivity contribution is 0.0984. The highest BCUT2D eigenvalue weighted by Crippen LogP contribution is 2.27. The van der Waals surface area contributed by atoms with E-state index < -0.39 is 0 Å². The number of piperidine rings is 1. The van der Waals surface area contributed by atoms with E-state index in [-0.39, 0.29) is 24.4 Å². The number of nitrogens with zero attached hydrogens (tertiary/aromatic N) is 4. The van der Waals surface area contributed by atoms with E-state index in [0.717, 1.165) is 30.2 Å². The molecule has 4 rings (SSSR count). The van der Waals surface area contributed by atoms with Crippen molar-refractivity contribution in [3.8, 4) is 0 Å². The number of β-amino-alcohol motifs (C(OH)–C–C–N with tert-alkyl or cyclic N) is 1. The first-order valence-corrected chi connectivity index (χ1v) is 10.3. The molecule has 1 saturated heterocycles. The Kier molecular flexibility index (Phi) is 5.82. The normalized spacial score (nSPS) is 16.6. The highest BCUT2D eigenvalue weighted by Gasteiger charge is 2.23. The number of aliphatic hydroxyl groups is 1. The number of anilines is 2. The van der Waals surface area contributed by atoms with Gasteiger partial charge in [-0.05, 0) is 49.2 Å². The molecule has 1 fully saturated rings. The quantitative estimate of drug-likeness (QED) is 0.695. The molecule has 3 aromatic rings. The Bertz CT molecular complexity index is 964. The van der Waals surface area contributed by atoms with E-state index in [4.69, 9.17) is 0 Å². The van der Waals surface area contributed by atoms with E-state index in [0.29, 0.717) is 17.8 Å². The fourth-order valence-corrected chi connectivity index (χ4v) is 4.20. The molecular formula is C21H21FN4O2S. The zero-order valence-electron chi connectivity index (χ0n) is 15.7. The van der Waals surface area contributed by atoms with Gasteiger partial charge in [-0.1, -0.05) is 0 Å². The Morgan fingerprint density at radius 1 is 1.31 bits per heavy atom. The first-order valence-electron chi connectivity index (χ1n) is 9.45. The van der Waals surface area contributed by atoms with Crippen molar-refractivity contribution in [2.75, 3.05) is 22.9 Å². The lowest BCUT2D eigenvalue weighted by atomic mass is 10.1. The molecule has 3 heterocycles. The molecule has 1 aliphatic rings. The fourth-order valence-electron chi connectivity index (χ4n) is 3.35. The Hall–Kier alpha value is -2.84. The molecule has 0 bridgehead atoms. The topological polar surface area (TPSA) is 69.6 Å². The van der Waals surface area contributed by atoms with Crippen LogP contribution in [0.2, 0.25) is 0 Å². The average Bonchev–Trinajstić information content (AvgIpc) is 3.22. The molecule has 1 unspecified atom stereocenters. The monoisotopic (exact) mass is 412 g/mol. The second-order valence-corrected chi connectivity index (χ2v) is 7.81. The number of halogens is 1. The number of carbonyl (C=O) groups excluding carboxylic acids is 1. The molecule has 0 spiro atoms. The van der Waals surface area contributed by atoms with Gasteiger partial charge in [-0.3, -0.25) is 9.78 Å². The minimum Gasteiger partial charge on any atom is -0.391 e. The summed E-state index contributed by atoms with van der Waals surface area (Å²) in [6.45, 7) is 1.69. The number of aliphatic hydroxyl groups excluding tert-OH is 1. The van der Waals surface area contributed by atoms with Crippen molar-refractivity contribution < 1.29 is 14.3 Å². The van der Waals surface area contributed by atoms with Crippen molar-refractivity contribution in [3.05, 3.63) is 71.2 Å². The van der Waals surface area contributed by atoms with Crippen molar-refractivity contribution in [2.24, 2.45) is 0 Å². The van der Waals surface area contributed by atoms with Crippen molar-refractivity contribution in [1.29, 1.82) is 0 Å². The number of thiazole rings is 1. The third-order valence-electron chi connectivity index (χ3n) is 4.82. The van der Waals surface area contributed by atoms with Crippen molar-refractivity contribution in [3.63, 3.8) is 0 Å². The lowest BCUT2D eigenvalue weighted by Gasteiger charge is -2.29. The third kappa shape index (κ3) is 4.60. The minimum atomic E-state index is -0.359. The molecule has 2 aromatic heterocycles. The molecule has 0 aliphatic carbocycles. The molecule has 8 heteroatoms. The number of rotatable bonds is 5. The maximum absolute atomic E-state index is 13.4. The summed E-state index contributed by atoms with van der Waals surface area (Å²) in [6.07, 6.45) is 4.53. The molecule has 1 aliphatic heterocycles. The molecule has 150 valence electrons. The van der Waals surface area contributed by atoms with E-state index in [9.17, 15) is 14.3 Å². The summed E-state index contributed by atoms with van der Waals surface area (Å²) in [5.41, 5.74) is 1.78. The van der Waals surface area contributed by atoms with Crippen LogP contribution in [-0.2, 0) is 6.54 Å². The first-order chi connectivity index (χ1) is 14.1. The van der Waals surface area contributed by atoms with Gasteiger partial charge in [0.2, 0.25) is 0 Å². The molecule has 0 saturated carbocycles. The maximum Gasteiger partial charge on any atom is 0.260 e. The average molecular weight is 412 g/mol. The molecule has 6 nitrogen and oxygen atoms in total. The van der Waals surface area contributed by atoms with Gasteiger partial charge in [-0.15, -0.1) is 11.3 Å². The van der Waals surface area contributed by atoms with E-state index in [1.165, 1.54) is 29.7 Å². The second kappa shape index (κ2) is 8.67. The van der Waals surface area contributed by atoms with Crippen LogP contribution in [-0.4, -0.2) is 40.2 Å². The van der Waals surface area contributed by atoms with Gasteiger partial charge in [-0.2, -0.15) is 0 Å². The number of carbonyl (C=O) groups is 1. The van der Waals surface area contributed by atoms with Crippen LogP contribution < -0.4 is 9.80 Å². The molecule has 0 radical (unpaired) electrons. The highest BCUT2D eigenvalue weighted by molar-refractivity contribution is 7.13. The number of amides is 1. The summed E-state index contributed by atoms with van der Waals surface area (Å²) in [5.74, 6) is -0.588. The van der Waals surface area contributed by atoms with Crippen molar-refractivity contribution in [2.45, 2.75) is 25.5 Å². The van der Waals surface area contributed by atoms with Crippen molar-refractivity contribution in [1.82, 2.24) is 9.97 Å². The molecular weight excluding hydrogens is 391 g/mol. The van der Waals surface area contributed by atoms with E-state index in [1.54, 1.807) is 35.4 Å². The lowest BCUT2D eigenvalue weighted by Crippen LogP contribution is -2.38. The molecule has 1 atom stereocenters. The van der Waals surface area contributed by atoms with Gasteiger partial charge < -0.3 is 14.9 Å². The first kappa shape index (κ1) is 19.5. The zero-order chi connectivity index (χ0) is 20.2. The van der Waals surface area contributed by atoms with E-state index in [2.05, 4.69) is 14.9 Å². The van der Waals surface area contributed by atoms with E-state index >= 15 is 0 Å². The van der Waals surface area contributed by atoms with Crippen LogP contribution in [0.4, 0.5) is 15.2 Å². The minimum absolute atomic E-state index is 0.229. The summed E-state index contributed by atoms with van der Waals surface area (Å²) in [6, 6.07) is 9.24. The Labute approximate surface area is 172 Å². The van der Waals surface area contributed by atoms with Gasteiger partial charge in [0.25, 0.3) is 5.91 Å². The fraction of sp³-hybridized carbons (Fsp3) is 0.286. The summed E-state index contributed by atoms with van der Waals surface area (Å²) in [4.78, 5) is 25.5. The van der Waals surface area contributed by atoms with Gasteiger partial charge in [-0.25, -0.2) is 9.37 Å². The maximum atomic E-state index is 13.4. The molecule has 29 heavy (non-hydrogen) atoms. The molecule has 1 aromatic carbocycles.